The molecule has 2 N–H and O–H groups in total. The van der Waals surface area contributed by atoms with Gasteiger partial charge in [0, 0.05) is 12.3 Å². The van der Waals surface area contributed by atoms with Crippen molar-refractivity contribution in [3.05, 3.63) is 29.4 Å². The van der Waals surface area contributed by atoms with Gasteiger partial charge in [0.1, 0.15) is 6.07 Å². The molecule has 1 aromatic heterocycles. The Balaban J connectivity index is 3.40. The lowest BCUT2D eigenvalue weighted by molar-refractivity contribution is 0.181. The summed E-state index contributed by atoms with van der Waals surface area (Å²) in [6.07, 6.45) is 1.25. The van der Waals surface area contributed by atoms with Gasteiger partial charge in [0.05, 0.1) is 5.36 Å². The second kappa shape index (κ2) is 2.23. The normalized spacial score (nSPS) is 8.70. The average Bonchev–Trinajstić information content (AvgIpc) is 1.94. The van der Waals surface area contributed by atoms with Crippen molar-refractivity contribution < 1.29 is 5.21 Å². The van der Waals surface area contributed by atoms with E-state index in [2.05, 4.69) is 0 Å². The summed E-state index contributed by atoms with van der Waals surface area (Å²) in [7, 11) is 0. The van der Waals surface area contributed by atoms with Crippen LogP contribution in [0.4, 0.5) is 0 Å². The monoisotopic (exact) mass is 135 g/mol. The van der Waals surface area contributed by atoms with Gasteiger partial charge in [0.25, 0.3) is 0 Å². The molecule has 0 aliphatic carbocycles. The van der Waals surface area contributed by atoms with Crippen LogP contribution in [0.25, 0.3) is 0 Å². The minimum absolute atomic E-state index is 0.0625. The van der Waals surface area contributed by atoms with E-state index in [4.69, 9.17) is 15.9 Å². The highest BCUT2D eigenvalue weighted by Gasteiger charge is 1.92. The van der Waals surface area contributed by atoms with E-state index >= 15 is 0 Å². The van der Waals surface area contributed by atoms with Gasteiger partial charge in [-0.2, -0.15) is 9.99 Å². The van der Waals surface area contributed by atoms with Gasteiger partial charge < -0.3 is 10.6 Å². The van der Waals surface area contributed by atoms with Gasteiger partial charge in [0.15, 0.2) is 5.69 Å². The molecule has 0 aliphatic heterocycles. The Morgan fingerprint density at radius 1 is 1.70 bits per heavy atom. The highest BCUT2D eigenvalue weighted by molar-refractivity contribution is 5.18. The maximum Gasteiger partial charge on any atom is 0.158 e. The number of hydrogen-bond acceptors (Lipinski definition) is 3. The minimum atomic E-state index is 0.0625. The maximum absolute atomic E-state index is 8.85. The fourth-order valence-electron chi connectivity index (χ4n) is 0.576. The Labute approximate surface area is 57.1 Å². The molecule has 1 heterocycles. The predicted molar refractivity (Wildman–Crippen MR) is 32.2 cm³/mol. The standard InChI is InChI=1S/C6H5N3O/c7-4-6-3-5(8)1-2-9(6)10/h1-3,8,10H. The van der Waals surface area contributed by atoms with Gasteiger partial charge in [-0.15, -0.1) is 0 Å². The Morgan fingerprint density at radius 2 is 2.40 bits per heavy atom. The van der Waals surface area contributed by atoms with E-state index in [-0.39, 0.29) is 11.1 Å². The van der Waals surface area contributed by atoms with Gasteiger partial charge in [-0.3, -0.25) is 0 Å². The molecule has 0 saturated carbocycles. The predicted octanol–water partition coefficient (Wildman–Crippen LogP) is 0.0766. The van der Waals surface area contributed by atoms with Crippen LogP contribution < -0.4 is 5.36 Å². The molecular weight excluding hydrogens is 130 g/mol. The molecule has 0 unspecified atom stereocenters. The van der Waals surface area contributed by atoms with Crippen LogP contribution in [0.5, 0.6) is 0 Å². The van der Waals surface area contributed by atoms with Crippen molar-refractivity contribution in [2.45, 2.75) is 0 Å². The fourth-order valence-corrected chi connectivity index (χ4v) is 0.576. The molecule has 0 spiro atoms. The number of rotatable bonds is 0. The van der Waals surface area contributed by atoms with Crippen LogP contribution in [0.15, 0.2) is 18.3 Å². The molecule has 0 amide bonds. The summed E-state index contributed by atoms with van der Waals surface area (Å²) in [4.78, 5) is 0. The van der Waals surface area contributed by atoms with Crippen LogP contribution in [0.3, 0.4) is 0 Å². The third-order valence-electron chi connectivity index (χ3n) is 1.05. The van der Waals surface area contributed by atoms with Gasteiger partial charge in [-0.05, 0) is 6.07 Å². The number of hydrogen-bond donors (Lipinski definition) is 2. The zero-order valence-corrected chi connectivity index (χ0v) is 5.07. The summed E-state index contributed by atoms with van der Waals surface area (Å²) in [5, 5.41) is 24.4. The zero-order chi connectivity index (χ0) is 7.56. The molecule has 0 atom stereocenters. The first-order chi connectivity index (χ1) is 4.74. The molecule has 10 heavy (non-hydrogen) atoms. The number of nitrogens with one attached hydrogen (secondary N) is 1. The lowest BCUT2D eigenvalue weighted by Gasteiger charge is -1.95. The van der Waals surface area contributed by atoms with Gasteiger partial charge >= 0.3 is 0 Å². The first-order valence-corrected chi connectivity index (χ1v) is 2.60. The van der Waals surface area contributed by atoms with E-state index in [1.165, 1.54) is 18.3 Å². The summed E-state index contributed by atoms with van der Waals surface area (Å²) < 4.78 is 0.679. The van der Waals surface area contributed by atoms with Crippen LogP contribution in [-0.2, 0) is 0 Å². The largest absolute Gasteiger partial charge is 0.428 e. The van der Waals surface area contributed by atoms with E-state index < -0.39 is 0 Å². The molecule has 0 fully saturated rings. The Morgan fingerprint density at radius 3 is 2.90 bits per heavy atom. The molecule has 0 radical (unpaired) electrons. The molecule has 1 aromatic rings. The molecule has 0 aromatic carbocycles. The molecule has 0 bridgehead atoms. The molecule has 50 valence electrons. The van der Waals surface area contributed by atoms with Gasteiger partial charge in [-0.1, -0.05) is 0 Å². The molecule has 1 rings (SSSR count). The first kappa shape index (κ1) is 6.36. The van der Waals surface area contributed by atoms with E-state index in [0.29, 0.717) is 4.73 Å². The zero-order valence-electron chi connectivity index (χ0n) is 5.07. The maximum atomic E-state index is 8.85. The van der Waals surface area contributed by atoms with Crippen molar-refractivity contribution in [3.8, 4) is 6.07 Å². The fraction of sp³-hybridized carbons (Fsp3) is 0. The van der Waals surface area contributed by atoms with E-state index in [9.17, 15) is 0 Å². The van der Waals surface area contributed by atoms with Crippen LogP contribution in [0.2, 0.25) is 0 Å². The molecule has 4 heteroatoms. The summed E-state index contributed by atoms with van der Waals surface area (Å²) in [5.74, 6) is 0. The summed E-state index contributed by atoms with van der Waals surface area (Å²) in [6.45, 7) is 0. The minimum Gasteiger partial charge on any atom is -0.428 e. The number of pyridine rings is 1. The molecule has 0 saturated heterocycles. The van der Waals surface area contributed by atoms with Crippen molar-refractivity contribution in [1.82, 2.24) is 4.73 Å². The van der Waals surface area contributed by atoms with Crippen LogP contribution in [-0.4, -0.2) is 9.94 Å². The molecular formula is C6H5N3O. The Bertz CT molecular complexity index is 334. The first-order valence-electron chi connectivity index (χ1n) is 2.60. The lowest BCUT2D eigenvalue weighted by Crippen LogP contribution is -2.06. The number of nitriles is 1. The van der Waals surface area contributed by atoms with Gasteiger partial charge in [0.2, 0.25) is 0 Å². The number of aromatic nitrogens is 1. The van der Waals surface area contributed by atoms with Gasteiger partial charge in [-0.25, -0.2) is 0 Å². The van der Waals surface area contributed by atoms with E-state index in [1.54, 1.807) is 6.07 Å². The van der Waals surface area contributed by atoms with Crippen molar-refractivity contribution in [2.24, 2.45) is 0 Å². The van der Waals surface area contributed by atoms with Crippen LogP contribution in [0.1, 0.15) is 5.69 Å². The Kier molecular flexibility index (Phi) is 1.42. The van der Waals surface area contributed by atoms with Crippen molar-refractivity contribution in [2.75, 3.05) is 0 Å². The smallest absolute Gasteiger partial charge is 0.158 e. The molecule has 0 aliphatic rings. The van der Waals surface area contributed by atoms with E-state index in [1.807, 2.05) is 0 Å². The SMILES string of the molecule is N#Cc1cc(=N)ccn1O. The summed E-state index contributed by atoms with van der Waals surface area (Å²) in [6, 6.07) is 4.40. The third kappa shape index (κ3) is 0.977. The van der Waals surface area contributed by atoms with Crippen molar-refractivity contribution in [3.63, 3.8) is 0 Å². The van der Waals surface area contributed by atoms with Crippen LogP contribution >= 0.6 is 0 Å². The highest BCUT2D eigenvalue weighted by atomic mass is 16.5. The quantitative estimate of drug-likeness (QED) is 0.494. The van der Waals surface area contributed by atoms with Crippen LogP contribution in [0, 0.1) is 16.7 Å². The number of nitrogens with zero attached hydrogens (tertiary/aromatic N) is 2. The highest BCUT2D eigenvalue weighted by Crippen LogP contribution is 1.87. The summed E-state index contributed by atoms with van der Waals surface area (Å²) in [5.41, 5.74) is 0.0625. The average molecular weight is 135 g/mol. The van der Waals surface area contributed by atoms with Crippen molar-refractivity contribution in [1.29, 1.82) is 10.7 Å². The lowest BCUT2D eigenvalue weighted by atomic mass is 10.4. The third-order valence-corrected chi connectivity index (χ3v) is 1.05. The summed E-state index contributed by atoms with van der Waals surface area (Å²) >= 11 is 0. The van der Waals surface area contributed by atoms with E-state index in [0.717, 1.165) is 0 Å². The molecule has 4 nitrogen and oxygen atoms in total. The topological polar surface area (TPSA) is 72.8 Å². The van der Waals surface area contributed by atoms with Crippen molar-refractivity contribution >= 4 is 0 Å². The second-order valence-corrected chi connectivity index (χ2v) is 1.76. The second-order valence-electron chi connectivity index (χ2n) is 1.76. The Hall–Kier alpha value is -1.76.